The van der Waals surface area contributed by atoms with E-state index >= 15 is 0 Å². The Kier molecular flexibility index (Phi) is 7.00. The lowest BCUT2D eigenvalue weighted by Crippen LogP contribution is -2.52. The van der Waals surface area contributed by atoms with Crippen LogP contribution in [0.4, 0.5) is 0 Å². The summed E-state index contributed by atoms with van der Waals surface area (Å²) in [6, 6.07) is 20.1. The lowest BCUT2D eigenvalue weighted by molar-refractivity contribution is -0.283. The molecular weight excluding hydrogens is 500 g/mol. The van der Waals surface area contributed by atoms with Gasteiger partial charge in [-0.05, 0) is 23.3 Å². The first-order valence-electron chi connectivity index (χ1n) is 9.44. The summed E-state index contributed by atoms with van der Waals surface area (Å²) in [5.41, 5.74) is 1.90. The lowest BCUT2D eigenvalue weighted by Gasteiger charge is -2.43. The van der Waals surface area contributed by atoms with Gasteiger partial charge >= 0.3 is 0 Å². The molecule has 0 radical (unpaired) electrons. The van der Waals surface area contributed by atoms with E-state index in [1.807, 2.05) is 72.8 Å². The molecule has 0 unspecified atom stereocenters. The Morgan fingerprint density at radius 3 is 1.34 bits per heavy atom. The average molecular weight is 522 g/mol. The van der Waals surface area contributed by atoms with Crippen LogP contribution >= 0.6 is 31.9 Å². The molecule has 0 aliphatic carbocycles. The third-order valence-corrected chi connectivity index (χ3v) is 6.03. The summed E-state index contributed by atoms with van der Waals surface area (Å²) in [5.74, 6) is 0. The predicted octanol–water partition coefficient (Wildman–Crippen LogP) is 5.59. The molecule has 2 heterocycles. The van der Waals surface area contributed by atoms with Crippen molar-refractivity contribution in [2.24, 2.45) is 5.41 Å². The van der Waals surface area contributed by atoms with Gasteiger partial charge in [0.15, 0.2) is 12.6 Å². The van der Waals surface area contributed by atoms with Crippen molar-refractivity contribution in [3.8, 4) is 0 Å². The van der Waals surface area contributed by atoms with Crippen molar-refractivity contribution < 1.29 is 18.9 Å². The van der Waals surface area contributed by atoms with Crippen LogP contribution in [0.3, 0.4) is 0 Å². The van der Waals surface area contributed by atoms with Crippen LogP contribution in [0.25, 0.3) is 12.2 Å². The summed E-state index contributed by atoms with van der Waals surface area (Å²) in [6.45, 7) is 2.06. The van der Waals surface area contributed by atoms with Crippen LogP contribution in [-0.2, 0) is 18.9 Å². The number of benzene rings is 2. The number of hydrogen-bond donors (Lipinski definition) is 0. The van der Waals surface area contributed by atoms with Gasteiger partial charge in [-0.25, -0.2) is 0 Å². The highest BCUT2D eigenvalue weighted by Gasteiger charge is 2.43. The Hall–Kier alpha value is -1.28. The van der Waals surface area contributed by atoms with E-state index in [1.54, 1.807) is 0 Å². The van der Waals surface area contributed by atoms with E-state index in [0.717, 1.165) is 20.1 Å². The summed E-state index contributed by atoms with van der Waals surface area (Å²) in [5, 5.41) is 0. The Morgan fingerprint density at radius 2 is 1.00 bits per heavy atom. The first-order valence-corrected chi connectivity index (χ1v) is 11.0. The molecular formula is C23H22Br2O4. The molecule has 2 saturated heterocycles. The van der Waals surface area contributed by atoms with E-state index in [1.165, 1.54) is 0 Å². The molecule has 1 spiro atoms. The molecule has 2 aromatic carbocycles. The first-order chi connectivity index (χ1) is 14.1. The highest BCUT2D eigenvalue weighted by Crippen LogP contribution is 2.35. The maximum atomic E-state index is 5.97. The van der Waals surface area contributed by atoms with Crippen molar-refractivity contribution in [1.29, 1.82) is 0 Å². The quantitative estimate of drug-likeness (QED) is 0.525. The number of halogens is 2. The lowest BCUT2D eigenvalue weighted by atomic mass is 9.91. The van der Waals surface area contributed by atoms with Gasteiger partial charge in [0.25, 0.3) is 0 Å². The zero-order valence-corrected chi connectivity index (χ0v) is 19.0. The van der Waals surface area contributed by atoms with Crippen molar-refractivity contribution in [3.05, 3.63) is 80.8 Å². The van der Waals surface area contributed by atoms with Crippen LogP contribution in [0.5, 0.6) is 0 Å². The fraction of sp³-hybridized carbons (Fsp3) is 0.304. The van der Waals surface area contributed by atoms with Crippen LogP contribution in [-0.4, -0.2) is 39.0 Å². The molecule has 0 amide bonds. The predicted molar refractivity (Wildman–Crippen MR) is 121 cm³/mol. The van der Waals surface area contributed by atoms with E-state index < -0.39 is 12.6 Å². The standard InChI is InChI=1S/C23H22Br2O4/c24-19(11-17-7-3-1-4-8-17)21-26-13-23(14-27-21)15-28-22(29-16-23)20(25)12-18-9-5-2-6-10-18/h1-12,21-22H,13-16H2/b19-11-,20-12-. The summed E-state index contributed by atoms with van der Waals surface area (Å²) in [7, 11) is 0. The van der Waals surface area contributed by atoms with Gasteiger partial charge in [-0.2, -0.15) is 0 Å². The molecule has 2 aliphatic rings. The second kappa shape index (κ2) is 9.69. The molecule has 0 N–H and O–H groups in total. The van der Waals surface area contributed by atoms with Crippen molar-refractivity contribution in [1.82, 2.24) is 0 Å². The smallest absolute Gasteiger partial charge is 0.190 e. The topological polar surface area (TPSA) is 36.9 Å². The van der Waals surface area contributed by atoms with E-state index in [4.69, 9.17) is 18.9 Å². The summed E-state index contributed by atoms with van der Waals surface area (Å²) in [4.78, 5) is 0. The van der Waals surface area contributed by atoms with Gasteiger partial charge < -0.3 is 18.9 Å². The largest absolute Gasteiger partial charge is 0.347 e. The van der Waals surface area contributed by atoms with Crippen molar-refractivity contribution in [2.75, 3.05) is 26.4 Å². The molecule has 2 fully saturated rings. The first kappa shape index (κ1) is 21.0. The minimum absolute atomic E-state index is 0.285. The Morgan fingerprint density at radius 1 is 0.655 bits per heavy atom. The summed E-state index contributed by atoms with van der Waals surface area (Å²) < 4.78 is 25.6. The van der Waals surface area contributed by atoms with Crippen LogP contribution in [0.1, 0.15) is 11.1 Å². The van der Waals surface area contributed by atoms with Crippen molar-refractivity contribution >= 4 is 44.0 Å². The molecule has 2 aliphatic heterocycles. The molecule has 0 atom stereocenters. The van der Waals surface area contributed by atoms with Gasteiger partial charge in [-0.15, -0.1) is 0 Å². The summed E-state index contributed by atoms with van der Waals surface area (Å²) >= 11 is 7.17. The Bertz CT molecular complexity index is 774. The Labute approximate surface area is 187 Å². The molecule has 6 heteroatoms. The number of rotatable bonds is 4. The van der Waals surface area contributed by atoms with Crippen molar-refractivity contribution in [3.63, 3.8) is 0 Å². The second-order valence-electron chi connectivity index (χ2n) is 7.29. The monoisotopic (exact) mass is 520 g/mol. The Balaban J connectivity index is 1.31. The molecule has 4 rings (SSSR count). The average Bonchev–Trinajstić information content (AvgIpc) is 2.76. The molecule has 0 bridgehead atoms. The van der Waals surface area contributed by atoms with Gasteiger partial charge in [0.1, 0.15) is 0 Å². The molecule has 0 saturated carbocycles. The van der Waals surface area contributed by atoms with Crippen LogP contribution in [0, 0.1) is 5.41 Å². The highest BCUT2D eigenvalue weighted by molar-refractivity contribution is 9.12. The van der Waals surface area contributed by atoms with Crippen molar-refractivity contribution in [2.45, 2.75) is 12.6 Å². The van der Waals surface area contributed by atoms with Crippen LogP contribution in [0.2, 0.25) is 0 Å². The SMILES string of the molecule is Br/C(=C\c1ccccc1)C1OCC2(CO1)COC(/C(Br)=C/c1ccccc1)OC2. The molecule has 0 aromatic heterocycles. The van der Waals surface area contributed by atoms with E-state index in [2.05, 4.69) is 31.9 Å². The normalized spacial score (nSPS) is 28.5. The third-order valence-electron chi connectivity index (χ3n) is 4.82. The van der Waals surface area contributed by atoms with Gasteiger partial charge in [-0.3, -0.25) is 0 Å². The van der Waals surface area contributed by atoms with Gasteiger partial charge in [0.05, 0.1) is 40.8 Å². The van der Waals surface area contributed by atoms with E-state index in [9.17, 15) is 0 Å². The maximum absolute atomic E-state index is 5.97. The number of hydrogen-bond acceptors (Lipinski definition) is 4. The molecule has 29 heavy (non-hydrogen) atoms. The highest BCUT2D eigenvalue weighted by atomic mass is 79.9. The maximum Gasteiger partial charge on any atom is 0.190 e. The van der Waals surface area contributed by atoms with E-state index in [-0.39, 0.29) is 5.41 Å². The van der Waals surface area contributed by atoms with Gasteiger partial charge in [0.2, 0.25) is 0 Å². The van der Waals surface area contributed by atoms with Gasteiger partial charge in [-0.1, -0.05) is 92.5 Å². The molecule has 2 aromatic rings. The third kappa shape index (κ3) is 5.45. The molecule has 152 valence electrons. The molecule has 4 nitrogen and oxygen atoms in total. The summed E-state index contributed by atoms with van der Waals surface area (Å²) in [6.07, 6.45) is 3.20. The van der Waals surface area contributed by atoms with Crippen LogP contribution < -0.4 is 0 Å². The van der Waals surface area contributed by atoms with E-state index in [0.29, 0.717) is 26.4 Å². The fourth-order valence-electron chi connectivity index (χ4n) is 3.23. The number of ether oxygens (including phenoxy) is 4. The zero-order valence-electron chi connectivity index (χ0n) is 15.8. The van der Waals surface area contributed by atoms with Gasteiger partial charge in [0, 0.05) is 0 Å². The minimum atomic E-state index is -0.414. The fourth-order valence-corrected chi connectivity index (χ4v) is 4.28. The second-order valence-corrected chi connectivity index (χ2v) is 9.12. The minimum Gasteiger partial charge on any atom is -0.347 e. The zero-order chi connectivity index (χ0) is 20.1. The van der Waals surface area contributed by atoms with Crippen LogP contribution in [0.15, 0.2) is 69.6 Å².